The van der Waals surface area contributed by atoms with Gasteiger partial charge in [-0.05, 0) is 42.0 Å². The van der Waals surface area contributed by atoms with Crippen LogP contribution in [0.5, 0.6) is 0 Å². The van der Waals surface area contributed by atoms with Gasteiger partial charge in [-0.2, -0.15) is 0 Å². The van der Waals surface area contributed by atoms with E-state index in [0.717, 1.165) is 4.70 Å². The van der Waals surface area contributed by atoms with Gasteiger partial charge in [0.25, 0.3) is 5.91 Å². The predicted molar refractivity (Wildman–Crippen MR) is 105 cm³/mol. The highest BCUT2D eigenvalue weighted by Crippen LogP contribution is 2.34. The summed E-state index contributed by atoms with van der Waals surface area (Å²) in [6.07, 6.45) is 1.43. The van der Waals surface area contributed by atoms with Crippen LogP contribution in [0.1, 0.15) is 10.6 Å². The topological polar surface area (TPSA) is 59.3 Å². The van der Waals surface area contributed by atoms with Gasteiger partial charge in [0, 0.05) is 15.1 Å². The largest absolute Gasteiger partial charge is 0.459 e. The molecule has 2 aromatic heterocycles. The number of benzene rings is 2. The number of amides is 1. The molecule has 0 fully saturated rings. The van der Waals surface area contributed by atoms with Crippen molar-refractivity contribution >= 4 is 43.9 Å². The van der Waals surface area contributed by atoms with Crippen LogP contribution in [0.2, 0.25) is 5.02 Å². The SMILES string of the molecule is O=C(Nc1sc2ccccc2c(=O)c1-c1cccc(Cl)c1)c1ccco1. The van der Waals surface area contributed by atoms with Gasteiger partial charge in [-0.25, -0.2) is 0 Å². The van der Waals surface area contributed by atoms with Crippen molar-refractivity contribution in [3.63, 3.8) is 0 Å². The first-order chi connectivity index (χ1) is 12.6. The summed E-state index contributed by atoms with van der Waals surface area (Å²) in [7, 11) is 0. The maximum absolute atomic E-state index is 13.1. The van der Waals surface area contributed by atoms with Gasteiger partial charge in [-0.3, -0.25) is 9.59 Å². The van der Waals surface area contributed by atoms with Gasteiger partial charge in [0.05, 0.1) is 11.8 Å². The van der Waals surface area contributed by atoms with Gasteiger partial charge in [-0.1, -0.05) is 35.9 Å². The van der Waals surface area contributed by atoms with E-state index in [9.17, 15) is 9.59 Å². The summed E-state index contributed by atoms with van der Waals surface area (Å²) in [6.45, 7) is 0. The van der Waals surface area contributed by atoms with Crippen LogP contribution in [0.25, 0.3) is 21.2 Å². The molecule has 0 radical (unpaired) electrons. The second-order valence-electron chi connectivity index (χ2n) is 5.57. The summed E-state index contributed by atoms with van der Waals surface area (Å²) in [4.78, 5) is 25.6. The number of hydrogen-bond donors (Lipinski definition) is 1. The minimum atomic E-state index is -0.413. The van der Waals surface area contributed by atoms with Crippen molar-refractivity contribution in [3.05, 3.63) is 87.9 Å². The fourth-order valence-electron chi connectivity index (χ4n) is 2.71. The molecule has 0 saturated carbocycles. The van der Waals surface area contributed by atoms with E-state index in [1.807, 2.05) is 18.2 Å². The monoisotopic (exact) mass is 381 g/mol. The van der Waals surface area contributed by atoms with E-state index < -0.39 is 5.91 Å². The molecule has 4 rings (SSSR count). The van der Waals surface area contributed by atoms with Crippen molar-refractivity contribution in [1.29, 1.82) is 0 Å². The fraction of sp³-hybridized carbons (Fsp3) is 0. The Morgan fingerprint density at radius 2 is 1.88 bits per heavy atom. The lowest BCUT2D eigenvalue weighted by atomic mass is 10.1. The van der Waals surface area contributed by atoms with E-state index in [1.165, 1.54) is 17.6 Å². The summed E-state index contributed by atoms with van der Waals surface area (Å²) in [5, 5.41) is 4.38. The van der Waals surface area contributed by atoms with Crippen molar-refractivity contribution in [2.24, 2.45) is 0 Å². The predicted octanol–water partition coefficient (Wildman–Crippen LogP) is 5.43. The number of carbonyl (C=O) groups is 1. The summed E-state index contributed by atoms with van der Waals surface area (Å²) in [5.41, 5.74) is 0.909. The van der Waals surface area contributed by atoms with Crippen LogP contribution >= 0.6 is 22.9 Å². The Bertz CT molecular complexity index is 1170. The molecule has 0 aliphatic carbocycles. The maximum Gasteiger partial charge on any atom is 0.291 e. The van der Waals surface area contributed by atoms with E-state index in [0.29, 0.717) is 26.5 Å². The van der Waals surface area contributed by atoms with Crippen LogP contribution in [0.15, 0.2) is 76.1 Å². The third kappa shape index (κ3) is 3.03. The second kappa shape index (κ2) is 6.78. The smallest absolute Gasteiger partial charge is 0.291 e. The fourth-order valence-corrected chi connectivity index (χ4v) is 3.99. The number of fused-ring (bicyclic) bond motifs is 1. The molecule has 6 heteroatoms. The molecule has 0 atom stereocenters. The highest BCUT2D eigenvalue weighted by Gasteiger charge is 2.18. The minimum Gasteiger partial charge on any atom is -0.459 e. The number of nitrogens with one attached hydrogen (secondary N) is 1. The molecule has 1 amide bonds. The first-order valence-corrected chi connectivity index (χ1v) is 8.99. The van der Waals surface area contributed by atoms with Crippen LogP contribution in [0, 0.1) is 0 Å². The van der Waals surface area contributed by atoms with Crippen LogP contribution in [0.4, 0.5) is 5.00 Å². The van der Waals surface area contributed by atoms with Crippen molar-refractivity contribution in [3.8, 4) is 11.1 Å². The molecule has 26 heavy (non-hydrogen) atoms. The molecule has 0 aliphatic rings. The van der Waals surface area contributed by atoms with E-state index in [4.69, 9.17) is 16.0 Å². The molecule has 0 saturated heterocycles. The minimum absolute atomic E-state index is 0.156. The molecule has 0 bridgehead atoms. The average molecular weight is 382 g/mol. The van der Waals surface area contributed by atoms with Crippen LogP contribution < -0.4 is 10.7 Å². The lowest BCUT2D eigenvalue weighted by Gasteiger charge is -2.11. The number of rotatable bonds is 3. The van der Waals surface area contributed by atoms with E-state index in [-0.39, 0.29) is 11.2 Å². The van der Waals surface area contributed by atoms with E-state index in [2.05, 4.69) is 5.32 Å². The van der Waals surface area contributed by atoms with Crippen molar-refractivity contribution in [1.82, 2.24) is 0 Å². The Morgan fingerprint density at radius 1 is 1.04 bits per heavy atom. The lowest BCUT2D eigenvalue weighted by molar-refractivity contribution is 0.0997. The Kier molecular flexibility index (Phi) is 4.32. The number of furan rings is 1. The van der Waals surface area contributed by atoms with Gasteiger partial charge in [0.15, 0.2) is 11.2 Å². The van der Waals surface area contributed by atoms with Gasteiger partial charge in [-0.15, -0.1) is 11.3 Å². The van der Waals surface area contributed by atoms with Crippen LogP contribution in [-0.2, 0) is 0 Å². The molecule has 0 spiro atoms. The molecule has 4 aromatic rings. The number of carbonyl (C=O) groups excluding carboxylic acids is 1. The quantitative estimate of drug-likeness (QED) is 0.515. The van der Waals surface area contributed by atoms with Gasteiger partial charge in [0.2, 0.25) is 0 Å². The number of anilines is 1. The zero-order chi connectivity index (χ0) is 18.1. The highest BCUT2D eigenvalue weighted by atomic mass is 35.5. The van der Waals surface area contributed by atoms with Crippen molar-refractivity contribution in [2.45, 2.75) is 0 Å². The highest BCUT2D eigenvalue weighted by molar-refractivity contribution is 7.22. The second-order valence-corrected chi connectivity index (χ2v) is 7.06. The number of halogens is 1. The summed E-state index contributed by atoms with van der Waals surface area (Å²) in [6, 6.07) is 17.5. The summed E-state index contributed by atoms with van der Waals surface area (Å²) in [5.74, 6) is -0.237. The van der Waals surface area contributed by atoms with Crippen LogP contribution in [-0.4, -0.2) is 5.91 Å². The molecule has 2 aromatic carbocycles. The summed E-state index contributed by atoms with van der Waals surface area (Å²) >= 11 is 7.44. The Labute approximate surface area is 157 Å². The normalized spacial score (nSPS) is 10.8. The van der Waals surface area contributed by atoms with Gasteiger partial charge in [0.1, 0.15) is 5.00 Å². The Morgan fingerprint density at radius 3 is 2.65 bits per heavy atom. The third-order valence-electron chi connectivity index (χ3n) is 3.88. The molecule has 0 unspecified atom stereocenters. The molecule has 1 N–H and O–H groups in total. The molecule has 128 valence electrons. The van der Waals surface area contributed by atoms with E-state index in [1.54, 1.807) is 42.5 Å². The molecular formula is C20H12ClNO3S. The Hall–Kier alpha value is -2.89. The van der Waals surface area contributed by atoms with Gasteiger partial charge >= 0.3 is 0 Å². The van der Waals surface area contributed by atoms with Gasteiger partial charge < -0.3 is 9.73 Å². The maximum atomic E-state index is 13.1. The molecule has 0 aliphatic heterocycles. The van der Waals surface area contributed by atoms with E-state index >= 15 is 0 Å². The average Bonchev–Trinajstić information content (AvgIpc) is 3.17. The molecule has 4 nitrogen and oxygen atoms in total. The zero-order valence-corrected chi connectivity index (χ0v) is 14.9. The molecular weight excluding hydrogens is 370 g/mol. The Balaban J connectivity index is 1.93. The van der Waals surface area contributed by atoms with Crippen molar-refractivity contribution in [2.75, 3.05) is 5.32 Å². The van der Waals surface area contributed by atoms with Crippen LogP contribution in [0.3, 0.4) is 0 Å². The third-order valence-corrected chi connectivity index (χ3v) is 5.20. The standard InChI is InChI=1S/C20H12ClNO3S/c21-13-6-3-5-12(11-13)17-18(23)14-7-1-2-9-16(14)26-20(17)22-19(24)15-8-4-10-25-15/h1-11H,(H,22,24). The molecule has 2 heterocycles. The lowest BCUT2D eigenvalue weighted by Crippen LogP contribution is -2.15. The van der Waals surface area contributed by atoms with Crippen molar-refractivity contribution < 1.29 is 9.21 Å². The zero-order valence-electron chi connectivity index (χ0n) is 13.4. The number of hydrogen-bond acceptors (Lipinski definition) is 4. The first kappa shape index (κ1) is 16.6. The summed E-state index contributed by atoms with van der Waals surface area (Å²) < 4.78 is 5.93. The first-order valence-electron chi connectivity index (χ1n) is 7.80.